The van der Waals surface area contributed by atoms with Crippen LogP contribution in [0.4, 0.5) is 11.5 Å². The molecule has 0 bridgehead atoms. The summed E-state index contributed by atoms with van der Waals surface area (Å²) in [6, 6.07) is 7.93. The van der Waals surface area contributed by atoms with Crippen LogP contribution in [0.2, 0.25) is 0 Å². The standard InChI is InChI=1S/C11H11N3O4S/c12-7-1-3-8(4-2-7)19(17,18)14-10-6-5-9(15)11(16)13-10/h1-6,15H,12H2,(H2,13,14,16). The number of pyridine rings is 1. The number of H-pyrrole nitrogens is 1. The Balaban J connectivity index is 2.33. The minimum atomic E-state index is -3.82. The molecule has 1 aromatic heterocycles. The second-order valence-corrected chi connectivity index (χ2v) is 5.44. The highest BCUT2D eigenvalue weighted by Crippen LogP contribution is 2.15. The van der Waals surface area contributed by atoms with Gasteiger partial charge < -0.3 is 15.8 Å². The third kappa shape index (κ3) is 2.86. The molecular formula is C11H11N3O4S. The number of anilines is 2. The highest BCUT2D eigenvalue weighted by Gasteiger charge is 2.14. The number of aromatic nitrogens is 1. The summed E-state index contributed by atoms with van der Waals surface area (Å²) in [5.74, 6) is -0.532. The van der Waals surface area contributed by atoms with E-state index >= 15 is 0 Å². The minimum absolute atomic E-state index is 0.00984. The molecule has 0 unspecified atom stereocenters. The maximum atomic E-state index is 12.0. The number of nitrogens with one attached hydrogen (secondary N) is 2. The quantitative estimate of drug-likeness (QED) is 0.608. The number of rotatable bonds is 3. The van der Waals surface area contributed by atoms with Crippen LogP contribution in [0.15, 0.2) is 46.1 Å². The molecule has 1 aromatic carbocycles. The van der Waals surface area contributed by atoms with Gasteiger partial charge in [0.25, 0.3) is 15.6 Å². The summed E-state index contributed by atoms with van der Waals surface area (Å²) in [5.41, 5.74) is 5.13. The molecule has 0 atom stereocenters. The Morgan fingerprint density at radius 1 is 1.11 bits per heavy atom. The van der Waals surface area contributed by atoms with Crippen molar-refractivity contribution in [1.29, 1.82) is 0 Å². The van der Waals surface area contributed by atoms with Gasteiger partial charge in [0.05, 0.1) is 4.90 Å². The first-order valence-corrected chi connectivity index (χ1v) is 6.67. The molecule has 0 spiro atoms. The van der Waals surface area contributed by atoms with Crippen LogP contribution in [0.25, 0.3) is 0 Å². The molecule has 8 heteroatoms. The summed E-state index contributed by atoms with van der Waals surface area (Å²) >= 11 is 0. The lowest BCUT2D eigenvalue weighted by molar-refractivity contribution is 0.467. The molecule has 2 aromatic rings. The SMILES string of the molecule is Nc1ccc(S(=O)(=O)Nc2ccc(O)c(=O)[nH]2)cc1. The summed E-state index contributed by atoms with van der Waals surface area (Å²) in [6.45, 7) is 0. The Kier molecular flexibility index (Phi) is 3.17. The number of hydrogen-bond donors (Lipinski definition) is 4. The number of benzene rings is 1. The van der Waals surface area contributed by atoms with Gasteiger partial charge in [-0.05, 0) is 36.4 Å². The summed E-state index contributed by atoms with van der Waals surface area (Å²) in [6.07, 6.45) is 0. The van der Waals surface area contributed by atoms with E-state index in [1.165, 1.54) is 30.3 Å². The van der Waals surface area contributed by atoms with Gasteiger partial charge in [-0.1, -0.05) is 0 Å². The average molecular weight is 281 g/mol. The molecular weight excluding hydrogens is 270 g/mol. The van der Waals surface area contributed by atoms with Crippen LogP contribution in [-0.4, -0.2) is 18.5 Å². The van der Waals surface area contributed by atoms with Crippen LogP contribution in [-0.2, 0) is 10.0 Å². The largest absolute Gasteiger partial charge is 0.503 e. The second kappa shape index (κ2) is 4.65. The molecule has 0 aliphatic heterocycles. The van der Waals surface area contributed by atoms with E-state index in [1.54, 1.807) is 0 Å². The van der Waals surface area contributed by atoms with Gasteiger partial charge in [0.2, 0.25) is 0 Å². The van der Waals surface area contributed by atoms with Gasteiger partial charge in [0.1, 0.15) is 5.82 Å². The van der Waals surface area contributed by atoms with Crippen molar-refractivity contribution in [2.45, 2.75) is 4.90 Å². The van der Waals surface area contributed by atoms with Crippen molar-refractivity contribution in [3.63, 3.8) is 0 Å². The molecule has 0 amide bonds. The van der Waals surface area contributed by atoms with E-state index < -0.39 is 21.3 Å². The van der Waals surface area contributed by atoms with Gasteiger partial charge in [-0.25, -0.2) is 8.42 Å². The van der Waals surface area contributed by atoms with Gasteiger partial charge in [-0.3, -0.25) is 9.52 Å². The molecule has 0 radical (unpaired) electrons. The zero-order valence-corrected chi connectivity index (χ0v) is 10.4. The lowest BCUT2D eigenvalue weighted by atomic mass is 10.3. The van der Waals surface area contributed by atoms with Crippen LogP contribution >= 0.6 is 0 Å². The van der Waals surface area contributed by atoms with Crippen molar-refractivity contribution in [3.05, 3.63) is 46.8 Å². The minimum Gasteiger partial charge on any atom is -0.503 e. The van der Waals surface area contributed by atoms with Crippen molar-refractivity contribution >= 4 is 21.5 Å². The van der Waals surface area contributed by atoms with Crippen molar-refractivity contribution < 1.29 is 13.5 Å². The van der Waals surface area contributed by atoms with Gasteiger partial charge in [0.15, 0.2) is 5.75 Å². The third-order valence-electron chi connectivity index (χ3n) is 2.32. The molecule has 19 heavy (non-hydrogen) atoms. The van der Waals surface area contributed by atoms with Crippen LogP contribution in [0.5, 0.6) is 5.75 Å². The fraction of sp³-hybridized carbons (Fsp3) is 0. The van der Waals surface area contributed by atoms with Crippen LogP contribution in [0, 0.1) is 0 Å². The number of nitrogen functional groups attached to an aromatic ring is 1. The predicted octanol–water partition coefficient (Wildman–Crippen LogP) is 0.464. The lowest BCUT2D eigenvalue weighted by Crippen LogP contribution is -2.16. The highest BCUT2D eigenvalue weighted by molar-refractivity contribution is 7.92. The van der Waals surface area contributed by atoms with Gasteiger partial charge >= 0.3 is 0 Å². The first-order valence-electron chi connectivity index (χ1n) is 5.19. The average Bonchev–Trinajstić information content (AvgIpc) is 2.34. The Bertz CT molecular complexity index is 750. The molecule has 0 saturated carbocycles. The van der Waals surface area contributed by atoms with E-state index in [0.717, 1.165) is 6.07 Å². The fourth-order valence-electron chi connectivity index (χ4n) is 1.38. The Hall–Kier alpha value is -2.48. The number of nitrogens with two attached hydrogens (primary N) is 1. The Labute approximate surface area is 108 Å². The second-order valence-electron chi connectivity index (χ2n) is 3.76. The zero-order chi connectivity index (χ0) is 14.0. The predicted molar refractivity (Wildman–Crippen MR) is 70.4 cm³/mol. The highest BCUT2D eigenvalue weighted by atomic mass is 32.2. The third-order valence-corrected chi connectivity index (χ3v) is 3.70. The smallest absolute Gasteiger partial charge is 0.291 e. The van der Waals surface area contributed by atoms with Crippen LogP contribution < -0.4 is 16.0 Å². The number of hydrogen-bond acceptors (Lipinski definition) is 5. The molecule has 100 valence electrons. The molecule has 2 rings (SSSR count). The van der Waals surface area contributed by atoms with E-state index in [4.69, 9.17) is 10.8 Å². The maximum absolute atomic E-state index is 12.0. The van der Waals surface area contributed by atoms with Crippen LogP contribution in [0.3, 0.4) is 0 Å². The molecule has 0 fully saturated rings. The summed E-state index contributed by atoms with van der Waals surface area (Å²) in [4.78, 5) is 13.4. The normalized spacial score (nSPS) is 11.2. The first kappa shape index (κ1) is 13.0. The van der Waals surface area contributed by atoms with Crippen molar-refractivity contribution in [2.24, 2.45) is 0 Å². The van der Waals surface area contributed by atoms with E-state index in [9.17, 15) is 13.2 Å². The van der Waals surface area contributed by atoms with Crippen molar-refractivity contribution in [3.8, 4) is 5.75 Å². The molecule has 1 heterocycles. The van der Waals surface area contributed by atoms with E-state index in [2.05, 4.69) is 9.71 Å². The molecule has 0 saturated heterocycles. The monoisotopic (exact) mass is 281 g/mol. The molecule has 0 aliphatic carbocycles. The molecule has 7 nitrogen and oxygen atoms in total. The van der Waals surface area contributed by atoms with Gasteiger partial charge in [0, 0.05) is 5.69 Å². The summed E-state index contributed by atoms with van der Waals surface area (Å²) in [5, 5.41) is 9.05. The summed E-state index contributed by atoms with van der Waals surface area (Å²) < 4.78 is 26.1. The zero-order valence-electron chi connectivity index (χ0n) is 9.62. The lowest BCUT2D eigenvalue weighted by Gasteiger charge is -2.07. The number of aromatic amines is 1. The number of sulfonamides is 1. The molecule has 0 aliphatic rings. The number of aromatic hydroxyl groups is 1. The topological polar surface area (TPSA) is 125 Å². The van der Waals surface area contributed by atoms with E-state index in [0.29, 0.717) is 5.69 Å². The Morgan fingerprint density at radius 2 is 1.74 bits per heavy atom. The van der Waals surface area contributed by atoms with Gasteiger partial charge in [-0.2, -0.15) is 0 Å². The maximum Gasteiger partial charge on any atom is 0.291 e. The first-order chi connectivity index (χ1) is 8.88. The fourth-order valence-corrected chi connectivity index (χ4v) is 2.40. The van der Waals surface area contributed by atoms with E-state index in [1.807, 2.05) is 0 Å². The summed E-state index contributed by atoms with van der Waals surface area (Å²) in [7, 11) is -3.82. The van der Waals surface area contributed by atoms with Crippen LogP contribution in [0.1, 0.15) is 0 Å². The van der Waals surface area contributed by atoms with E-state index in [-0.39, 0.29) is 10.7 Å². The molecule has 5 N–H and O–H groups in total. The van der Waals surface area contributed by atoms with Crippen molar-refractivity contribution in [1.82, 2.24) is 4.98 Å². The van der Waals surface area contributed by atoms with Crippen molar-refractivity contribution in [2.75, 3.05) is 10.5 Å². The Morgan fingerprint density at radius 3 is 2.32 bits per heavy atom. The van der Waals surface area contributed by atoms with Gasteiger partial charge in [-0.15, -0.1) is 0 Å².